The summed E-state index contributed by atoms with van der Waals surface area (Å²) in [6, 6.07) is 19.4. The first-order chi connectivity index (χ1) is 15.6. The second-order valence-corrected chi connectivity index (χ2v) is 9.30. The lowest BCUT2D eigenvalue weighted by Gasteiger charge is -2.27. The molecular weight excluding hydrogens is 440 g/mol. The lowest BCUT2D eigenvalue weighted by atomic mass is 10.1. The summed E-state index contributed by atoms with van der Waals surface area (Å²) in [5.74, 6) is 1.48. The van der Waals surface area contributed by atoms with Gasteiger partial charge in [-0.2, -0.15) is 0 Å². The number of anilines is 1. The number of nitrogens with one attached hydrogen (secondary N) is 1. The van der Waals surface area contributed by atoms with Crippen LogP contribution < -0.4 is 10.2 Å². The fraction of sp³-hybridized carbons (Fsp3) is 0.320. The highest BCUT2D eigenvalue weighted by Gasteiger charge is 2.15. The zero-order valence-electron chi connectivity index (χ0n) is 18.1. The van der Waals surface area contributed by atoms with Gasteiger partial charge in [-0.25, -0.2) is 9.97 Å². The minimum absolute atomic E-state index is 0.0604. The van der Waals surface area contributed by atoms with Gasteiger partial charge in [-0.1, -0.05) is 65.8 Å². The Balaban J connectivity index is 1.40. The maximum atomic E-state index is 12.8. The van der Waals surface area contributed by atoms with E-state index < -0.39 is 0 Å². The van der Waals surface area contributed by atoms with E-state index in [-0.39, 0.29) is 11.9 Å². The summed E-state index contributed by atoms with van der Waals surface area (Å²) in [6.45, 7) is 4.01. The quantitative estimate of drug-likeness (QED) is 0.266. The molecule has 7 heteroatoms. The van der Waals surface area contributed by atoms with Crippen molar-refractivity contribution in [3.8, 4) is 0 Å². The van der Waals surface area contributed by atoms with Crippen molar-refractivity contribution in [2.75, 3.05) is 18.0 Å². The number of hydrogen-bond acceptors (Lipinski definition) is 5. The third kappa shape index (κ3) is 6.02. The van der Waals surface area contributed by atoms with Crippen LogP contribution in [0.25, 0.3) is 0 Å². The van der Waals surface area contributed by atoms with Gasteiger partial charge >= 0.3 is 0 Å². The van der Waals surface area contributed by atoms with Crippen LogP contribution in [0.5, 0.6) is 0 Å². The second kappa shape index (κ2) is 10.8. The average molecular weight is 467 g/mol. The summed E-state index contributed by atoms with van der Waals surface area (Å²) >= 11 is 7.80. The second-order valence-electron chi connectivity index (χ2n) is 7.97. The normalized spacial score (nSPS) is 14.8. The molecule has 1 unspecified atom stereocenters. The Morgan fingerprint density at radius 1 is 1.06 bits per heavy atom. The number of rotatable bonds is 7. The van der Waals surface area contributed by atoms with E-state index in [9.17, 15) is 4.79 Å². The lowest BCUT2D eigenvalue weighted by molar-refractivity contribution is 0.0940. The fourth-order valence-electron chi connectivity index (χ4n) is 3.79. The minimum Gasteiger partial charge on any atom is -0.356 e. The predicted octanol–water partition coefficient (Wildman–Crippen LogP) is 5.90. The first-order valence-corrected chi connectivity index (χ1v) is 12.3. The van der Waals surface area contributed by atoms with Gasteiger partial charge in [0.15, 0.2) is 5.16 Å². The molecule has 32 heavy (non-hydrogen) atoms. The van der Waals surface area contributed by atoms with Crippen molar-refractivity contribution in [2.45, 2.75) is 43.1 Å². The van der Waals surface area contributed by atoms with Gasteiger partial charge in [0, 0.05) is 30.5 Å². The topological polar surface area (TPSA) is 58.1 Å². The maximum absolute atomic E-state index is 12.8. The first kappa shape index (κ1) is 22.6. The third-order valence-electron chi connectivity index (χ3n) is 5.55. The Hall–Kier alpha value is -2.57. The van der Waals surface area contributed by atoms with E-state index in [4.69, 9.17) is 16.6 Å². The van der Waals surface area contributed by atoms with Crippen LogP contribution >= 0.6 is 23.4 Å². The summed E-state index contributed by atoms with van der Waals surface area (Å²) in [4.78, 5) is 24.1. The molecule has 1 saturated heterocycles. The van der Waals surface area contributed by atoms with Crippen molar-refractivity contribution in [1.29, 1.82) is 0 Å². The van der Waals surface area contributed by atoms with Crippen LogP contribution in [0.1, 0.15) is 53.7 Å². The molecule has 166 valence electrons. The molecule has 0 spiro atoms. The number of hydrogen-bond donors (Lipinski definition) is 1. The highest BCUT2D eigenvalue weighted by atomic mass is 35.5. The smallest absolute Gasteiger partial charge is 0.251 e. The van der Waals surface area contributed by atoms with Gasteiger partial charge in [0.2, 0.25) is 0 Å². The Kier molecular flexibility index (Phi) is 7.66. The van der Waals surface area contributed by atoms with E-state index in [1.807, 2.05) is 67.6 Å². The minimum atomic E-state index is -0.0837. The number of halogens is 1. The van der Waals surface area contributed by atoms with E-state index in [0.717, 1.165) is 30.0 Å². The number of aromatic nitrogens is 2. The van der Waals surface area contributed by atoms with E-state index >= 15 is 0 Å². The largest absolute Gasteiger partial charge is 0.356 e. The Morgan fingerprint density at radius 2 is 1.84 bits per heavy atom. The number of carbonyl (C=O) groups is 1. The molecule has 1 aliphatic heterocycles. The maximum Gasteiger partial charge on any atom is 0.251 e. The Morgan fingerprint density at radius 3 is 2.62 bits per heavy atom. The number of amides is 1. The molecule has 0 bridgehead atoms. The highest BCUT2D eigenvalue weighted by molar-refractivity contribution is 7.98. The molecule has 1 aliphatic rings. The monoisotopic (exact) mass is 466 g/mol. The molecule has 2 aromatic carbocycles. The zero-order valence-corrected chi connectivity index (χ0v) is 19.7. The van der Waals surface area contributed by atoms with Crippen LogP contribution in [0.3, 0.4) is 0 Å². The fourth-order valence-corrected chi connectivity index (χ4v) is 4.81. The number of carbonyl (C=O) groups excluding carboxylic acids is 1. The molecule has 0 radical (unpaired) electrons. The summed E-state index contributed by atoms with van der Waals surface area (Å²) in [6.07, 6.45) is 3.63. The zero-order chi connectivity index (χ0) is 22.3. The van der Waals surface area contributed by atoms with Crippen LogP contribution in [0.15, 0.2) is 65.8 Å². The molecule has 5 nitrogen and oxygen atoms in total. The van der Waals surface area contributed by atoms with E-state index in [1.165, 1.54) is 31.0 Å². The molecular formula is C25H27ClN4OS. The molecule has 1 N–H and O–H groups in total. The van der Waals surface area contributed by atoms with Gasteiger partial charge in [0.1, 0.15) is 11.0 Å². The lowest BCUT2D eigenvalue weighted by Crippen LogP contribution is -2.30. The van der Waals surface area contributed by atoms with Crippen molar-refractivity contribution in [3.05, 3.63) is 82.5 Å². The van der Waals surface area contributed by atoms with Crippen molar-refractivity contribution >= 4 is 35.1 Å². The summed E-state index contributed by atoms with van der Waals surface area (Å²) in [5, 5.41) is 4.19. The number of piperidine rings is 1. The third-order valence-corrected chi connectivity index (χ3v) is 6.66. The van der Waals surface area contributed by atoms with Crippen molar-refractivity contribution < 1.29 is 4.79 Å². The van der Waals surface area contributed by atoms with Crippen LogP contribution in [0, 0.1) is 0 Å². The molecule has 1 atom stereocenters. The first-order valence-electron chi connectivity index (χ1n) is 11.0. The van der Waals surface area contributed by atoms with Crippen molar-refractivity contribution in [2.24, 2.45) is 0 Å². The predicted molar refractivity (Wildman–Crippen MR) is 131 cm³/mol. The molecule has 1 amide bonds. The van der Waals surface area contributed by atoms with Gasteiger partial charge in [0.25, 0.3) is 5.91 Å². The van der Waals surface area contributed by atoms with Gasteiger partial charge < -0.3 is 10.2 Å². The standard InChI is InChI=1S/C25H27ClN4OS/c1-18(20-10-4-2-5-11-20)27-24(31)21-12-8-9-19(15-21)17-32-25-28-22(26)16-23(29-25)30-13-6-3-7-14-30/h2,4-5,8-12,15-16,18H,3,6-7,13-14,17H2,1H3,(H,27,31). The summed E-state index contributed by atoms with van der Waals surface area (Å²) in [7, 11) is 0. The molecule has 2 heterocycles. The van der Waals surface area contributed by atoms with Gasteiger partial charge in [-0.15, -0.1) is 0 Å². The number of benzene rings is 2. The highest BCUT2D eigenvalue weighted by Crippen LogP contribution is 2.26. The molecule has 1 fully saturated rings. The molecule has 1 aromatic heterocycles. The number of thioether (sulfide) groups is 1. The van der Waals surface area contributed by atoms with Crippen LogP contribution in [-0.4, -0.2) is 29.0 Å². The van der Waals surface area contributed by atoms with Gasteiger partial charge in [0.05, 0.1) is 6.04 Å². The van der Waals surface area contributed by atoms with Crippen LogP contribution in [-0.2, 0) is 5.75 Å². The van der Waals surface area contributed by atoms with E-state index in [2.05, 4.69) is 15.2 Å². The van der Waals surface area contributed by atoms with Crippen LogP contribution in [0.2, 0.25) is 5.15 Å². The Bertz CT molecular complexity index is 1060. The molecule has 0 saturated carbocycles. The molecule has 3 aromatic rings. The van der Waals surface area contributed by atoms with Crippen LogP contribution in [0.4, 0.5) is 5.82 Å². The molecule has 0 aliphatic carbocycles. The van der Waals surface area contributed by atoms with Crippen molar-refractivity contribution in [1.82, 2.24) is 15.3 Å². The SMILES string of the molecule is CC(NC(=O)c1cccc(CSc2nc(Cl)cc(N3CCCCC3)n2)c1)c1ccccc1. The van der Waals surface area contributed by atoms with E-state index in [1.54, 1.807) is 0 Å². The van der Waals surface area contributed by atoms with Gasteiger partial charge in [-0.3, -0.25) is 4.79 Å². The van der Waals surface area contributed by atoms with Crippen molar-refractivity contribution in [3.63, 3.8) is 0 Å². The summed E-state index contributed by atoms with van der Waals surface area (Å²) in [5.41, 5.74) is 2.76. The summed E-state index contributed by atoms with van der Waals surface area (Å²) < 4.78 is 0. The average Bonchev–Trinajstić information content (AvgIpc) is 2.83. The number of nitrogens with zero attached hydrogens (tertiary/aromatic N) is 3. The molecule has 4 rings (SSSR count). The Labute approximate surface area is 198 Å². The van der Waals surface area contributed by atoms with E-state index in [0.29, 0.717) is 21.6 Å². The van der Waals surface area contributed by atoms with Gasteiger partial charge in [-0.05, 0) is 49.4 Å².